The molecule has 1 aromatic heterocycles. The Balaban J connectivity index is 1.98. The van der Waals surface area contributed by atoms with E-state index < -0.39 is 0 Å². The molecule has 102 valence electrons. The van der Waals surface area contributed by atoms with Crippen molar-refractivity contribution in [1.82, 2.24) is 9.97 Å². The molecule has 2 unspecified atom stereocenters. The molecule has 1 aliphatic rings. The highest BCUT2D eigenvalue weighted by Gasteiger charge is 2.25. The summed E-state index contributed by atoms with van der Waals surface area (Å²) >= 11 is 7.31. The number of H-pyrrole nitrogens is 2. The van der Waals surface area contributed by atoms with Crippen molar-refractivity contribution < 1.29 is 4.74 Å². The highest BCUT2D eigenvalue weighted by Crippen LogP contribution is 2.38. The fourth-order valence-electron chi connectivity index (χ4n) is 2.48. The number of rotatable bonds is 2. The first-order valence-corrected chi connectivity index (χ1v) is 8.03. The molecule has 3 rings (SSSR count). The van der Waals surface area contributed by atoms with Gasteiger partial charge in [-0.25, -0.2) is 4.79 Å². The van der Waals surface area contributed by atoms with Crippen LogP contribution in [-0.2, 0) is 4.74 Å². The Hall–Kier alpha value is -0.590. The number of alkyl halides is 1. The van der Waals surface area contributed by atoms with Crippen molar-refractivity contribution in [3.63, 3.8) is 0 Å². The molecular formula is C13H14Br2N2O2. The smallest absolute Gasteiger partial charge is 0.323 e. The fraction of sp³-hybridized carbons (Fsp3) is 0.462. The van der Waals surface area contributed by atoms with Crippen molar-refractivity contribution in [3.05, 3.63) is 32.7 Å². The number of ether oxygens (including phenoxy) is 1. The molecule has 0 amide bonds. The Morgan fingerprint density at radius 1 is 1.26 bits per heavy atom. The van der Waals surface area contributed by atoms with Crippen molar-refractivity contribution in [3.8, 4) is 0 Å². The van der Waals surface area contributed by atoms with Crippen LogP contribution in [0.1, 0.15) is 29.7 Å². The van der Waals surface area contributed by atoms with E-state index in [0.717, 1.165) is 40.5 Å². The third-order valence-corrected chi connectivity index (χ3v) is 5.24. The maximum absolute atomic E-state index is 11.3. The molecule has 0 aliphatic carbocycles. The average molecular weight is 390 g/mol. The zero-order chi connectivity index (χ0) is 13.4. The zero-order valence-electron chi connectivity index (χ0n) is 10.2. The molecule has 0 bridgehead atoms. The predicted molar refractivity (Wildman–Crippen MR) is 81.9 cm³/mol. The molecule has 0 radical (unpaired) electrons. The number of hydrogen-bond acceptors (Lipinski definition) is 2. The molecule has 2 aromatic rings. The summed E-state index contributed by atoms with van der Waals surface area (Å²) in [5.74, 6) is 0. The summed E-state index contributed by atoms with van der Waals surface area (Å²) in [7, 11) is 0. The van der Waals surface area contributed by atoms with Crippen LogP contribution in [0.2, 0.25) is 0 Å². The van der Waals surface area contributed by atoms with E-state index in [0.29, 0.717) is 0 Å². The van der Waals surface area contributed by atoms with Gasteiger partial charge in [-0.15, -0.1) is 0 Å². The molecule has 1 saturated heterocycles. The van der Waals surface area contributed by atoms with E-state index in [9.17, 15) is 4.79 Å². The summed E-state index contributed by atoms with van der Waals surface area (Å²) in [6.07, 6.45) is 3.59. The lowest BCUT2D eigenvalue weighted by molar-refractivity contribution is 0.0160. The van der Waals surface area contributed by atoms with Crippen LogP contribution in [0.4, 0.5) is 0 Å². The molecule has 19 heavy (non-hydrogen) atoms. The molecule has 0 spiro atoms. The van der Waals surface area contributed by atoms with Gasteiger partial charge in [0.15, 0.2) is 0 Å². The first kappa shape index (κ1) is 13.4. The summed E-state index contributed by atoms with van der Waals surface area (Å²) in [4.78, 5) is 17.0. The van der Waals surface area contributed by atoms with Gasteiger partial charge in [-0.05, 0) is 37.0 Å². The number of aromatic amines is 2. The molecule has 1 aromatic carbocycles. The van der Waals surface area contributed by atoms with E-state index in [1.165, 1.54) is 6.42 Å². The quantitative estimate of drug-likeness (QED) is 0.770. The minimum absolute atomic E-state index is 0.130. The van der Waals surface area contributed by atoms with E-state index in [-0.39, 0.29) is 16.6 Å². The third kappa shape index (κ3) is 2.66. The molecule has 1 fully saturated rings. The lowest BCUT2D eigenvalue weighted by Gasteiger charge is -2.27. The van der Waals surface area contributed by atoms with Gasteiger partial charge in [0.25, 0.3) is 0 Å². The lowest BCUT2D eigenvalue weighted by atomic mass is 10.0. The Morgan fingerprint density at radius 2 is 2.00 bits per heavy atom. The van der Waals surface area contributed by atoms with Gasteiger partial charge < -0.3 is 14.7 Å². The second kappa shape index (κ2) is 5.42. The van der Waals surface area contributed by atoms with Crippen LogP contribution >= 0.6 is 31.9 Å². The summed E-state index contributed by atoms with van der Waals surface area (Å²) < 4.78 is 6.80. The van der Waals surface area contributed by atoms with E-state index in [1.54, 1.807) is 0 Å². The number of benzene rings is 1. The molecule has 6 heteroatoms. The molecule has 1 aliphatic heterocycles. The topological polar surface area (TPSA) is 57.9 Å². The Labute approximate surface area is 127 Å². The number of imidazole rings is 1. The maximum Gasteiger partial charge on any atom is 0.323 e. The number of hydrogen-bond donors (Lipinski definition) is 2. The summed E-state index contributed by atoms with van der Waals surface area (Å²) in [5.41, 5.74) is 2.56. The van der Waals surface area contributed by atoms with Crippen LogP contribution in [-0.4, -0.2) is 22.7 Å². The van der Waals surface area contributed by atoms with Gasteiger partial charge in [0.1, 0.15) is 0 Å². The number of halogens is 2. The van der Waals surface area contributed by atoms with Crippen LogP contribution < -0.4 is 5.69 Å². The van der Waals surface area contributed by atoms with Gasteiger partial charge in [0.2, 0.25) is 0 Å². The second-order valence-electron chi connectivity index (χ2n) is 4.81. The minimum Gasteiger partial charge on any atom is -0.377 e. The van der Waals surface area contributed by atoms with Crippen molar-refractivity contribution in [2.75, 3.05) is 6.61 Å². The Kier molecular flexibility index (Phi) is 3.82. The van der Waals surface area contributed by atoms with Gasteiger partial charge >= 0.3 is 5.69 Å². The molecular weight excluding hydrogens is 376 g/mol. The van der Waals surface area contributed by atoms with Gasteiger partial charge in [-0.1, -0.05) is 31.9 Å². The minimum atomic E-state index is -0.181. The Bertz CT molecular complexity index is 644. The second-order valence-corrected chi connectivity index (χ2v) is 6.65. The van der Waals surface area contributed by atoms with Crippen LogP contribution in [0.25, 0.3) is 11.0 Å². The van der Waals surface area contributed by atoms with Crippen LogP contribution in [0.5, 0.6) is 0 Å². The highest BCUT2D eigenvalue weighted by molar-refractivity contribution is 9.11. The van der Waals surface area contributed by atoms with Gasteiger partial charge in [0, 0.05) is 11.1 Å². The predicted octanol–water partition coefficient (Wildman–Crippen LogP) is 3.62. The van der Waals surface area contributed by atoms with E-state index in [4.69, 9.17) is 4.74 Å². The van der Waals surface area contributed by atoms with Crippen LogP contribution in [0, 0.1) is 0 Å². The van der Waals surface area contributed by atoms with Crippen molar-refractivity contribution in [2.45, 2.75) is 30.2 Å². The van der Waals surface area contributed by atoms with Crippen molar-refractivity contribution in [2.24, 2.45) is 0 Å². The Morgan fingerprint density at radius 3 is 2.68 bits per heavy atom. The van der Waals surface area contributed by atoms with Crippen LogP contribution in [0.15, 0.2) is 21.4 Å². The van der Waals surface area contributed by atoms with Crippen molar-refractivity contribution in [1.29, 1.82) is 0 Å². The normalized spacial score (nSPS) is 21.7. The van der Waals surface area contributed by atoms with Gasteiger partial charge in [-0.2, -0.15) is 0 Å². The fourth-order valence-corrected chi connectivity index (χ4v) is 4.17. The van der Waals surface area contributed by atoms with Crippen molar-refractivity contribution >= 4 is 42.9 Å². The average Bonchev–Trinajstić information content (AvgIpc) is 2.77. The third-order valence-electron chi connectivity index (χ3n) is 3.47. The standard InChI is InChI=1S/C13H14Br2N2O2/c14-8-6-10-9(16-13(18)17-10)5-7(8)12(15)11-3-1-2-4-19-11/h5-6,11-12H,1-4H2,(H2,16,17,18). The summed E-state index contributed by atoms with van der Waals surface area (Å²) in [6, 6.07) is 3.92. The largest absolute Gasteiger partial charge is 0.377 e. The van der Waals surface area contributed by atoms with E-state index >= 15 is 0 Å². The number of fused-ring (bicyclic) bond motifs is 1. The number of aromatic nitrogens is 2. The molecule has 2 atom stereocenters. The summed E-state index contributed by atoms with van der Waals surface area (Å²) in [6.45, 7) is 0.827. The van der Waals surface area contributed by atoms with Gasteiger partial charge in [-0.3, -0.25) is 0 Å². The monoisotopic (exact) mass is 388 g/mol. The van der Waals surface area contributed by atoms with E-state index in [2.05, 4.69) is 41.8 Å². The highest BCUT2D eigenvalue weighted by atomic mass is 79.9. The molecule has 0 saturated carbocycles. The zero-order valence-corrected chi connectivity index (χ0v) is 13.4. The molecule has 2 heterocycles. The van der Waals surface area contributed by atoms with Crippen LogP contribution in [0.3, 0.4) is 0 Å². The van der Waals surface area contributed by atoms with E-state index in [1.807, 2.05) is 12.1 Å². The first-order chi connectivity index (χ1) is 9.15. The van der Waals surface area contributed by atoms with Gasteiger partial charge in [0.05, 0.1) is 22.0 Å². The maximum atomic E-state index is 11.3. The lowest BCUT2D eigenvalue weighted by Crippen LogP contribution is -2.23. The molecule has 4 nitrogen and oxygen atoms in total. The summed E-state index contributed by atoms with van der Waals surface area (Å²) in [5, 5.41) is 0. The first-order valence-electron chi connectivity index (χ1n) is 6.32. The number of nitrogens with one attached hydrogen (secondary N) is 2. The molecule has 2 N–H and O–H groups in total. The SMILES string of the molecule is O=c1[nH]c2cc(Br)c(C(Br)C3CCCCO3)cc2[nH]1.